The van der Waals surface area contributed by atoms with E-state index in [4.69, 9.17) is 15.1 Å². The molecule has 0 saturated heterocycles. The summed E-state index contributed by atoms with van der Waals surface area (Å²) in [5, 5.41) is 23.6. The van der Waals surface area contributed by atoms with E-state index in [9.17, 15) is 4.79 Å². The van der Waals surface area contributed by atoms with Gasteiger partial charge in [0.25, 0.3) is 0 Å². The first-order chi connectivity index (χ1) is 9.11. The zero-order chi connectivity index (χ0) is 13.8. The van der Waals surface area contributed by atoms with Gasteiger partial charge in [0.15, 0.2) is 0 Å². The Hall–Kier alpha value is -2.27. The van der Waals surface area contributed by atoms with Crippen LogP contribution in [0.15, 0.2) is 22.9 Å². The number of pyridine rings is 1. The van der Waals surface area contributed by atoms with Gasteiger partial charge in [0.2, 0.25) is 0 Å². The fourth-order valence-electron chi connectivity index (χ4n) is 1.54. The summed E-state index contributed by atoms with van der Waals surface area (Å²) in [5.41, 5.74) is 1.13. The van der Waals surface area contributed by atoms with Crippen molar-refractivity contribution in [2.24, 2.45) is 0 Å². The molecule has 2 heterocycles. The number of rotatable bonds is 4. The number of fused-ring (bicyclic) bond motifs is 1. The first kappa shape index (κ1) is 13.2. The van der Waals surface area contributed by atoms with E-state index in [2.05, 4.69) is 26.3 Å². The number of nitriles is 1. The largest absolute Gasteiger partial charge is 0.490 e. The van der Waals surface area contributed by atoms with Gasteiger partial charge >= 0.3 is 6.09 Å². The maximum atomic E-state index is 10.3. The van der Waals surface area contributed by atoms with Crippen LogP contribution in [0, 0.1) is 11.3 Å². The monoisotopic (exact) mass is 324 g/mol. The van der Waals surface area contributed by atoms with Crippen LogP contribution in [-0.4, -0.2) is 34.0 Å². The van der Waals surface area contributed by atoms with Gasteiger partial charge in [-0.15, -0.1) is 0 Å². The molecule has 0 fully saturated rings. The average molecular weight is 325 g/mol. The van der Waals surface area contributed by atoms with Crippen molar-refractivity contribution in [1.29, 1.82) is 5.26 Å². The molecule has 0 spiro atoms. The number of hydrogen-bond donors (Lipinski definition) is 2. The highest BCUT2D eigenvalue weighted by molar-refractivity contribution is 9.10. The van der Waals surface area contributed by atoms with Crippen LogP contribution >= 0.6 is 15.9 Å². The summed E-state index contributed by atoms with van der Waals surface area (Å²) in [6, 6.07) is 3.75. The second-order valence-electron chi connectivity index (χ2n) is 3.57. The molecular weight excluding hydrogens is 316 g/mol. The minimum atomic E-state index is -1.09. The van der Waals surface area contributed by atoms with E-state index in [0.717, 1.165) is 0 Å². The lowest BCUT2D eigenvalue weighted by Gasteiger charge is -2.07. The van der Waals surface area contributed by atoms with Gasteiger partial charge in [0.05, 0.1) is 30.0 Å². The molecule has 2 aromatic heterocycles. The summed E-state index contributed by atoms with van der Waals surface area (Å²) in [6.45, 7) is 0.393. The molecule has 0 unspecified atom stereocenters. The maximum Gasteiger partial charge on any atom is 0.404 e. The average Bonchev–Trinajstić information content (AvgIpc) is 2.78. The molecule has 8 heteroatoms. The topological polar surface area (TPSA) is 99.7 Å². The van der Waals surface area contributed by atoms with Gasteiger partial charge in [-0.25, -0.2) is 9.31 Å². The molecule has 0 aromatic carbocycles. The van der Waals surface area contributed by atoms with E-state index in [1.807, 2.05) is 6.07 Å². The molecule has 1 amide bonds. The summed E-state index contributed by atoms with van der Waals surface area (Å²) >= 11 is 3.35. The van der Waals surface area contributed by atoms with Crippen LogP contribution in [0.5, 0.6) is 5.75 Å². The van der Waals surface area contributed by atoms with Gasteiger partial charge in [-0.1, -0.05) is 0 Å². The number of aromatic nitrogens is 2. The van der Waals surface area contributed by atoms with Gasteiger partial charge in [0, 0.05) is 4.47 Å². The lowest BCUT2D eigenvalue weighted by molar-refractivity contribution is 0.191. The molecule has 0 aliphatic rings. The molecule has 19 heavy (non-hydrogen) atoms. The highest BCUT2D eigenvalue weighted by Crippen LogP contribution is 2.26. The van der Waals surface area contributed by atoms with E-state index < -0.39 is 6.09 Å². The maximum absolute atomic E-state index is 10.3. The third-order valence-corrected chi connectivity index (χ3v) is 2.91. The van der Waals surface area contributed by atoms with E-state index in [-0.39, 0.29) is 13.2 Å². The Morgan fingerprint density at radius 3 is 3.16 bits per heavy atom. The van der Waals surface area contributed by atoms with Gasteiger partial charge in [-0.05, 0) is 22.0 Å². The van der Waals surface area contributed by atoms with Crippen LogP contribution in [0.4, 0.5) is 4.79 Å². The summed E-state index contributed by atoms with van der Waals surface area (Å²) in [6.07, 6.45) is 2.00. The number of hydrogen-bond acceptors (Lipinski definition) is 4. The van der Waals surface area contributed by atoms with E-state index in [1.54, 1.807) is 12.3 Å². The van der Waals surface area contributed by atoms with Crippen LogP contribution in [0.3, 0.4) is 0 Å². The smallest absolute Gasteiger partial charge is 0.404 e. The molecule has 7 nitrogen and oxygen atoms in total. The highest BCUT2D eigenvalue weighted by atomic mass is 79.9. The number of carbonyl (C=O) groups is 1. The first-order valence-corrected chi connectivity index (χ1v) is 6.07. The SMILES string of the molecule is N#Cc1cnn2cc(OCCNC(=O)O)cc(Br)c12. The molecule has 0 radical (unpaired) electrons. The minimum Gasteiger partial charge on any atom is -0.490 e. The zero-order valence-electron chi connectivity index (χ0n) is 9.63. The standard InChI is InChI=1S/C11H9BrN4O3/c12-9-3-8(19-2-1-14-11(17)18)6-16-10(9)7(4-13)5-15-16/h3,5-6,14H,1-2H2,(H,17,18). The van der Waals surface area contributed by atoms with Crippen LogP contribution < -0.4 is 10.1 Å². The first-order valence-electron chi connectivity index (χ1n) is 5.28. The molecule has 0 saturated carbocycles. The molecule has 2 aromatic rings. The summed E-state index contributed by atoms with van der Waals surface area (Å²) in [4.78, 5) is 10.3. The van der Waals surface area contributed by atoms with Gasteiger partial charge in [-0.3, -0.25) is 0 Å². The van der Waals surface area contributed by atoms with Crippen molar-refractivity contribution in [2.75, 3.05) is 13.2 Å². The molecule has 0 aliphatic carbocycles. The van der Waals surface area contributed by atoms with Crippen molar-refractivity contribution < 1.29 is 14.6 Å². The van der Waals surface area contributed by atoms with E-state index in [0.29, 0.717) is 21.3 Å². The third kappa shape index (κ3) is 2.95. The van der Waals surface area contributed by atoms with Crippen molar-refractivity contribution in [2.45, 2.75) is 0 Å². The molecule has 0 aliphatic heterocycles. The molecular formula is C11H9BrN4O3. The van der Waals surface area contributed by atoms with E-state index >= 15 is 0 Å². The predicted octanol–water partition coefficient (Wildman–Crippen LogP) is 1.61. The zero-order valence-corrected chi connectivity index (χ0v) is 11.2. The van der Waals surface area contributed by atoms with Gasteiger partial charge < -0.3 is 15.2 Å². The fraction of sp³-hybridized carbons (Fsp3) is 0.182. The predicted molar refractivity (Wildman–Crippen MR) is 69.1 cm³/mol. The second kappa shape index (κ2) is 5.58. The van der Waals surface area contributed by atoms with Gasteiger partial charge in [-0.2, -0.15) is 10.4 Å². The summed E-state index contributed by atoms with van der Waals surface area (Å²) < 4.78 is 7.60. The Labute approximate surface area is 116 Å². The van der Waals surface area contributed by atoms with Crippen LogP contribution in [-0.2, 0) is 0 Å². The van der Waals surface area contributed by atoms with Gasteiger partial charge in [0.1, 0.15) is 18.4 Å². The Bertz CT molecular complexity index is 662. The Kier molecular flexibility index (Phi) is 3.87. The second-order valence-corrected chi connectivity index (χ2v) is 4.42. The number of halogens is 1. The number of nitrogens with zero attached hydrogens (tertiary/aromatic N) is 3. The lowest BCUT2D eigenvalue weighted by atomic mass is 10.3. The Morgan fingerprint density at radius 2 is 2.47 bits per heavy atom. The van der Waals surface area contributed by atoms with Crippen molar-refractivity contribution in [3.8, 4) is 11.8 Å². The van der Waals surface area contributed by atoms with Crippen LogP contribution in [0.2, 0.25) is 0 Å². The normalized spacial score (nSPS) is 10.1. The van der Waals surface area contributed by atoms with Crippen molar-refractivity contribution >= 4 is 27.5 Å². The molecule has 2 N–H and O–H groups in total. The number of carboxylic acid groups (broad SMARTS) is 1. The van der Waals surface area contributed by atoms with Crippen molar-refractivity contribution in [3.05, 3.63) is 28.5 Å². The molecule has 98 valence electrons. The molecule has 2 rings (SSSR count). The van der Waals surface area contributed by atoms with Crippen molar-refractivity contribution in [3.63, 3.8) is 0 Å². The quantitative estimate of drug-likeness (QED) is 0.832. The third-order valence-electron chi connectivity index (χ3n) is 2.31. The Balaban J connectivity index is 2.13. The molecule has 0 atom stereocenters. The Morgan fingerprint density at radius 1 is 1.68 bits per heavy atom. The van der Waals surface area contributed by atoms with Crippen LogP contribution in [0.25, 0.3) is 5.52 Å². The number of amides is 1. The highest BCUT2D eigenvalue weighted by Gasteiger charge is 2.09. The summed E-state index contributed by atoms with van der Waals surface area (Å²) in [5.74, 6) is 0.527. The number of ether oxygens (including phenoxy) is 1. The fourth-order valence-corrected chi connectivity index (χ4v) is 2.16. The molecule has 0 bridgehead atoms. The lowest BCUT2D eigenvalue weighted by Crippen LogP contribution is -2.26. The van der Waals surface area contributed by atoms with Crippen molar-refractivity contribution in [1.82, 2.24) is 14.9 Å². The van der Waals surface area contributed by atoms with Crippen LogP contribution in [0.1, 0.15) is 5.56 Å². The summed E-state index contributed by atoms with van der Waals surface area (Å²) in [7, 11) is 0. The number of nitrogens with one attached hydrogen (secondary N) is 1. The van der Waals surface area contributed by atoms with E-state index in [1.165, 1.54) is 10.7 Å². The minimum absolute atomic E-state index is 0.188.